The number of carbonyl (C=O) groups excluding carboxylic acids is 1. The lowest BCUT2D eigenvalue weighted by atomic mass is 10.1. The largest absolute Gasteiger partial charge is 0.507 e. The van der Waals surface area contributed by atoms with Crippen LogP contribution in [-0.2, 0) is 4.79 Å². The number of carboxylic acids is 1. The molecular weight excluding hydrogens is 302 g/mol. The Balaban J connectivity index is 2.25. The lowest BCUT2D eigenvalue weighted by molar-refractivity contribution is -0.139. The lowest BCUT2D eigenvalue weighted by Gasteiger charge is -2.13. The van der Waals surface area contributed by atoms with Crippen LogP contribution in [0.4, 0.5) is 0 Å². The zero-order chi connectivity index (χ0) is 14.7. The average Bonchev–Trinajstić information content (AvgIpc) is 2.91. The first-order valence-electron chi connectivity index (χ1n) is 5.54. The molecule has 20 heavy (non-hydrogen) atoms. The molecule has 2 rings (SSSR count). The second-order valence-corrected chi connectivity index (χ2v) is 5.34. The molecule has 0 saturated carbocycles. The Morgan fingerprint density at radius 3 is 2.65 bits per heavy atom. The first-order valence-corrected chi connectivity index (χ1v) is 6.80. The summed E-state index contributed by atoms with van der Waals surface area (Å²) >= 11 is 6.97. The van der Waals surface area contributed by atoms with Crippen molar-refractivity contribution in [2.45, 2.75) is 6.04 Å². The van der Waals surface area contributed by atoms with E-state index in [0.717, 1.165) is 0 Å². The highest BCUT2D eigenvalue weighted by atomic mass is 35.5. The predicted octanol–water partition coefficient (Wildman–Crippen LogP) is 2.66. The third-order valence-electron chi connectivity index (χ3n) is 2.55. The molecule has 0 spiro atoms. The molecular formula is C13H10ClNO4S. The van der Waals surface area contributed by atoms with Crippen molar-refractivity contribution in [1.29, 1.82) is 0 Å². The standard InChI is InChI=1S/C13H10ClNO4S/c14-7-3-4-9(16)8(6-7)12(17)15-11(13(18)19)10-2-1-5-20-10/h1-6,11,16H,(H,15,17)(H,18,19). The van der Waals surface area contributed by atoms with Crippen LogP contribution in [0.2, 0.25) is 5.02 Å². The molecule has 0 aliphatic carbocycles. The number of carboxylic acid groups (broad SMARTS) is 1. The molecule has 1 aromatic heterocycles. The lowest BCUT2D eigenvalue weighted by Crippen LogP contribution is -2.33. The van der Waals surface area contributed by atoms with E-state index in [-0.39, 0.29) is 16.3 Å². The minimum absolute atomic E-state index is 0.0692. The monoisotopic (exact) mass is 311 g/mol. The van der Waals surface area contributed by atoms with Crippen molar-refractivity contribution in [3.05, 3.63) is 51.2 Å². The molecule has 1 heterocycles. The van der Waals surface area contributed by atoms with Gasteiger partial charge in [-0.05, 0) is 29.6 Å². The Labute approximate surface area is 123 Å². The molecule has 0 radical (unpaired) electrons. The van der Waals surface area contributed by atoms with Gasteiger partial charge in [0.15, 0.2) is 6.04 Å². The third-order valence-corrected chi connectivity index (χ3v) is 3.73. The molecule has 3 N–H and O–H groups in total. The highest BCUT2D eigenvalue weighted by Crippen LogP contribution is 2.24. The van der Waals surface area contributed by atoms with Crippen molar-refractivity contribution in [3.63, 3.8) is 0 Å². The van der Waals surface area contributed by atoms with Crippen molar-refractivity contribution < 1.29 is 19.8 Å². The molecule has 0 saturated heterocycles. The fraction of sp³-hybridized carbons (Fsp3) is 0.0769. The molecule has 1 atom stereocenters. The number of hydrogen-bond acceptors (Lipinski definition) is 4. The highest BCUT2D eigenvalue weighted by molar-refractivity contribution is 7.10. The number of halogens is 1. The normalized spacial score (nSPS) is 11.8. The van der Waals surface area contributed by atoms with Gasteiger partial charge in [0.2, 0.25) is 0 Å². The minimum Gasteiger partial charge on any atom is -0.507 e. The van der Waals surface area contributed by atoms with Crippen LogP contribution in [-0.4, -0.2) is 22.1 Å². The number of amides is 1. The molecule has 104 valence electrons. The Morgan fingerprint density at radius 1 is 1.30 bits per heavy atom. The summed E-state index contributed by atoms with van der Waals surface area (Å²) in [5.74, 6) is -2.14. The molecule has 0 bridgehead atoms. The van der Waals surface area contributed by atoms with Crippen LogP contribution in [0.15, 0.2) is 35.7 Å². The predicted molar refractivity (Wildman–Crippen MR) is 75.3 cm³/mol. The summed E-state index contributed by atoms with van der Waals surface area (Å²) < 4.78 is 0. The van der Waals surface area contributed by atoms with Gasteiger partial charge in [-0.3, -0.25) is 4.79 Å². The van der Waals surface area contributed by atoms with Crippen molar-refractivity contribution in [1.82, 2.24) is 5.32 Å². The second-order valence-electron chi connectivity index (χ2n) is 3.92. The second kappa shape index (κ2) is 5.94. The summed E-state index contributed by atoms with van der Waals surface area (Å²) in [6.45, 7) is 0. The van der Waals surface area contributed by atoms with Crippen molar-refractivity contribution in [3.8, 4) is 5.75 Å². The van der Waals surface area contributed by atoms with E-state index in [1.54, 1.807) is 17.5 Å². The van der Waals surface area contributed by atoms with Crippen LogP contribution >= 0.6 is 22.9 Å². The molecule has 5 nitrogen and oxygen atoms in total. The number of hydrogen-bond donors (Lipinski definition) is 3. The van der Waals surface area contributed by atoms with E-state index in [1.807, 2.05) is 0 Å². The quantitative estimate of drug-likeness (QED) is 0.810. The minimum atomic E-state index is -1.18. The highest BCUT2D eigenvalue weighted by Gasteiger charge is 2.24. The third kappa shape index (κ3) is 3.09. The summed E-state index contributed by atoms with van der Waals surface area (Å²) in [7, 11) is 0. The zero-order valence-corrected chi connectivity index (χ0v) is 11.6. The summed E-state index contributed by atoms with van der Waals surface area (Å²) in [5, 5.41) is 23.1. The van der Waals surface area contributed by atoms with E-state index in [1.165, 1.54) is 29.5 Å². The van der Waals surface area contributed by atoms with Crippen LogP contribution in [0.3, 0.4) is 0 Å². The zero-order valence-electron chi connectivity index (χ0n) is 10.0. The van der Waals surface area contributed by atoms with E-state index in [4.69, 9.17) is 16.7 Å². The number of nitrogens with one attached hydrogen (secondary N) is 1. The number of phenols is 1. The van der Waals surface area contributed by atoms with Gasteiger partial charge in [-0.1, -0.05) is 17.7 Å². The number of thiophene rings is 1. The maximum Gasteiger partial charge on any atom is 0.331 e. The fourth-order valence-electron chi connectivity index (χ4n) is 1.61. The summed E-state index contributed by atoms with van der Waals surface area (Å²) in [5.41, 5.74) is -0.0692. The first-order chi connectivity index (χ1) is 9.49. The van der Waals surface area contributed by atoms with E-state index < -0.39 is 17.9 Å². The molecule has 0 aliphatic rings. The Kier molecular flexibility index (Phi) is 4.26. The van der Waals surface area contributed by atoms with Crippen molar-refractivity contribution in [2.75, 3.05) is 0 Å². The topological polar surface area (TPSA) is 86.6 Å². The smallest absolute Gasteiger partial charge is 0.331 e. The van der Waals surface area contributed by atoms with Gasteiger partial charge in [0.25, 0.3) is 5.91 Å². The summed E-state index contributed by atoms with van der Waals surface area (Å²) in [6.07, 6.45) is 0. The van der Waals surface area contributed by atoms with Crippen LogP contribution in [0, 0.1) is 0 Å². The Hall–Kier alpha value is -2.05. The van der Waals surface area contributed by atoms with Crippen LogP contribution in [0.5, 0.6) is 5.75 Å². The molecule has 7 heteroatoms. The molecule has 2 aromatic rings. The van der Waals surface area contributed by atoms with E-state index in [9.17, 15) is 14.7 Å². The molecule has 0 fully saturated rings. The molecule has 0 aliphatic heterocycles. The van der Waals surface area contributed by atoms with Gasteiger partial charge >= 0.3 is 5.97 Å². The van der Waals surface area contributed by atoms with E-state index in [0.29, 0.717) is 4.88 Å². The number of aromatic hydroxyl groups is 1. The van der Waals surface area contributed by atoms with Gasteiger partial charge in [-0.15, -0.1) is 11.3 Å². The first kappa shape index (κ1) is 14.4. The van der Waals surface area contributed by atoms with Gasteiger partial charge in [0.1, 0.15) is 5.75 Å². The Bertz CT molecular complexity index is 642. The maximum atomic E-state index is 12.0. The van der Waals surface area contributed by atoms with Crippen LogP contribution in [0.25, 0.3) is 0 Å². The van der Waals surface area contributed by atoms with Crippen LogP contribution in [0.1, 0.15) is 21.3 Å². The number of rotatable bonds is 4. The Morgan fingerprint density at radius 2 is 2.05 bits per heavy atom. The van der Waals surface area contributed by atoms with Gasteiger partial charge < -0.3 is 15.5 Å². The van der Waals surface area contributed by atoms with Gasteiger partial charge in [-0.2, -0.15) is 0 Å². The maximum absolute atomic E-state index is 12.0. The van der Waals surface area contributed by atoms with E-state index >= 15 is 0 Å². The number of aliphatic carboxylic acids is 1. The van der Waals surface area contributed by atoms with Gasteiger partial charge in [-0.25, -0.2) is 4.79 Å². The SMILES string of the molecule is O=C(NC(C(=O)O)c1cccs1)c1cc(Cl)ccc1O. The van der Waals surface area contributed by atoms with Crippen molar-refractivity contribution in [2.24, 2.45) is 0 Å². The van der Waals surface area contributed by atoms with Gasteiger partial charge in [0, 0.05) is 9.90 Å². The average molecular weight is 312 g/mol. The number of benzene rings is 1. The summed E-state index contributed by atoms with van der Waals surface area (Å²) in [4.78, 5) is 23.8. The number of phenolic OH excluding ortho intramolecular Hbond substituents is 1. The summed E-state index contributed by atoms with van der Waals surface area (Å²) in [6, 6.07) is 6.13. The molecule has 1 amide bonds. The van der Waals surface area contributed by atoms with Gasteiger partial charge in [0.05, 0.1) is 5.56 Å². The molecule has 1 unspecified atom stereocenters. The van der Waals surface area contributed by atoms with Crippen LogP contribution < -0.4 is 5.32 Å². The van der Waals surface area contributed by atoms with E-state index in [2.05, 4.69) is 5.32 Å². The molecule has 1 aromatic carbocycles. The number of carbonyl (C=O) groups is 2. The fourth-order valence-corrected chi connectivity index (χ4v) is 2.55. The van der Waals surface area contributed by atoms with Crippen molar-refractivity contribution >= 4 is 34.8 Å².